The predicted molar refractivity (Wildman–Crippen MR) is 46.9 cm³/mol. The molecule has 0 saturated carbocycles. The molecule has 0 aromatic carbocycles. The lowest BCUT2D eigenvalue weighted by molar-refractivity contribution is 0.411. The van der Waals surface area contributed by atoms with E-state index in [4.69, 9.17) is 10.1 Å². The van der Waals surface area contributed by atoms with Crippen molar-refractivity contribution in [3.8, 4) is 0 Å². The van der Waals surface area contributed by atoms with Crippen LogP contribution in [0.5, 0.6) is 0 Å². The number of nitrogens with zero attached hydrogens (tertiary/aromatic N) is 2. The van der Waals surface area contributed by atoms with Crippen LogP contribution in [-0.2, 0) is 4.74 Å². The Kier molecular flexibility index (Phi) is 4.10. The number of nitrogens with one attached hydrogen (secondary N) is 1. The summed E-state index contributed by atoms with van der Waals surface area (Å²) in [5.41, 5.74) is 0.694. The molecule has 0 heterocycles. The molecule has 0 aliphatic rings. The third kappa shape index (κ3) is 3.50. The van der Waals surface area contributed by atoms with Crippen molar-refractivity contribution in [1.82, 2.24) is 0 Å². The highest BCUT2D eigenvalue weighted by Gasteiger charge is 2.01. The largest absolute Gasteiger partial charge is 0.480 e. The van der Waals surface area contributed by atoms with Crippen LogP contribution in [0.2, 0.25) is 0 Å². The van der Waals surface area contributed by atoms with E-state index in [0.717, 1.165) is 0 Å². The van der Waals surface area contributed by atoms with Crippen molar-refractivity contribution in [2.24, 2.45) is 9.98 Å². The van der Waals surface area contributed by atoms with Gasteiger partial charge in [-0.1, -0.05) is 0 Å². The Balaban J connectivity index is 4.53. The third-order valence-electron chi connectivity index (χ3n) is 1.11. The van der Waals surface area contributed by atoms with Crippen LogP contribution in [0.3, 0.4) is 0 Å². The Morgan fingerprint density at radius 1 is 1.36 bits per heavy atom. The smallest absolute Gasteiger partial charge is 0.236 e. The minimum absolute atomic E-state index is 0.213. The molecule has 0 bridgehead atoms. The van der Waals surface area contributed by atoms with Crippen LogP contribution in [0.1, 0.15) is 13.8 Å². The lowest BCUT2D eigenvalue weighted by atomic mass is 10.4. The number of rotatable bonds is 1. The first-order valence-corrected chi connectivity index (χ1v) is 3.23. The molecule has 0 fully saturated rings. The Bertz CT molecular complexity index is 206. The van der Waals surface area contributed by atoms with Gasteiger partial charge in [0.15, 0.2) is 0 Å². The summed E-state index contributed by atoms with van der Waals surface area (Å²) in [6.07, 6.45) is 0. The molecule has 0 spiro atoms. The fourth-order valence-corrected chi connectivity index (χ4v) is 0.522. The normalized spacial score (nSPS) is 13.1. The molecule has 62 valence electrons. The zero-order chi connectivity index (χ0) is 8.85. The van der Waals surface area contributed by atoms with E-state index in [1.165, 1.54) is 7.11 Å². The Labute approximate surface area is 66.5 Å². The van der Waals surface area contributed by atoms with Gasteiger partial charge in [-0.3, -0.25) is 10.4 Å². The average Bonchev–Trinajstić information content (AvgIpc) is 1.98. The summed E-state index contributed by atoms with van der Waals surface area (Å²) in [4.78, 5) is 7.69. The standard InChI is InChI=1S/C7H13N3O/c1-5(9-3)7(11-4)10-6(2)8/h8H,1-4H3. The van der Waals surface area contributed by atoms with Crippen LogP contribution in [0, 0.1) is 5.41 Å². The SMILES string of the molecule is CN=C(C)C(=NC(C)=N)OC. The van der Waals surface area contributed by atoms with E-state index in [-0.39, 0.29) is 5.84 Å². The van der Waals surface area contributed by atoms with Gasteiger partial charge in [-0.15, -0.1) is 0 Å². The second-order valence-electron chi connectivity index (χ2n) is 2.02. The summed E-state index contributed by atoms with van der Waals surface area (Å²) in [5, 5.41) is 7.07. The van der Waals surface area contributed by atoms with E-state index in [2.05, 4.69) is 9.98 Å². The molecule has 0 aliphatic carbocycles. The van der Waals surface area contributed by atoms with Gasteiger partial charge in [-0.05, 0) is 13.8 Å². The number of methoxy groups -OCH3 is 1. The van der Waals surface area contributed by atoms with Gasteiger partial charge in [-0.2, -0.15) is 4.99 Å². The highest BCUT2D eigenvalue weighted by atomic mass is 16.5. The summed E-state index contributed by atoms with van der Waals surface area (Å²) in [7, 11) is 3.17. The molecule has 1 N–H and O–H groups in total. The predicted octanol–water partition coefficient (Wildman–Crippen LogP) is 1.12. The lowest BCUT2D eigenvalue weighted by Gasteiger charge is -2.01. The van der Waals surface area contributed by atoms with Crippen LogP contribution in [-0.4, -0.2) is 31.6 Å². The van der Waals surface area contributed by atoms with Gasteiger partial charge in [0.1, 0.15) is 5.84 Å². The molecule has 0 aromatic rings. The minimum atomic E-state index is 0.213. The lowest BCUT2D eigenvalue weighted by Crippen LogP contribution is -2.14. The van der Waals surface area contributed by atoms with Crippen molar-refractivity contribution in [2.75, 3.05) is 14.2 Å². The minimum Gasteiger partial charge on any atom is -0.480 e. The van der Waals surface area contributed by atoms with Crippen LogP contribution in [0.15, 0.2) is 9.98 Å². The number of aliphatic imine (C=N–C) groups is 2. The van der Waals surface area contributed by atoms with E-state index < -0.39 is 0 Å². The monoisotopic (exact) mass is 155 g/mol. The first-order valence-electron chi connectivity index (χ1n) is 3.23. The highest BCUT2D eigenvalue weighted by molar-refractivity contribution is 6.39. The fraction of sp³-hybridized carbons (Fsp3) is 0.571. The Hall–Kier alpha value is -1.19. The molecule has 0 saturated heterocycles. The maximum absolute atomic E-state index is 7.07. The number of amidine groups is 1. The van der Waals surface area contributed by atoms with Crippen LogP contribution < -0.4 is 0 Å². The first-order chi connectivity index (χ1) is 5.11. The van der Waals surface area contributed by atoms with Crippen molar-refractivity contribution in [2.45, 2.75) is 13.8 Å². The summed E-state index contributed by atoms with van der Waals surface area (Å²) < 4.78 is 4.89. The molecule has 0 amide bonds. The quantitative estimate of drug-likeness (QED) is 0.447. The van der Waals surface area contributed by atoms with Gasteiger partial charge in [0.05, 0.1) is 12.8 Å². The maximum atomic E-state index is 7.07. The number of hydrogen-bond donors (Lipinski definition) is 1. The van der Waals surface area contributed by atoms with Gasteiger partial charge in [0.25, 0.3) is 0 Å². The summed E-state index contributed by atoms with van der Waals surface area (Å²) in [5.74, 6) is 0.616. The van der Waals surface area contributed by atoms with E-state index >= 15 is 0 Å². The summed E-state index contributed by atoms with van der Waals surface area (Å²) in [6.45, 7) is 3.37. The van der Waals surface area contributed by atoms with E-state index in [9.17, 15) is 0 Å². The zero-order valence-electron chi connectivity index (χ0n) is 7.30. The molecule has 0 aliphatic heterocycles. The van der Waals surface area contributed by atoms with Crippen LogP contribution in [0.4, 0.5) is 0 Å². The molecule has 4 nitrogen and oxygen atoms in total. The molecule has 0 unspecified atom stereocenters. The maximum Gasteiger partial charge on any atom is 0.236 e. The van der Waals surface area contributed by atoms with E-state index in [1.54, 1.807) is 20.9 Å². The third-order valence-corrected chi connectivity index (χ3v) is 1.11. The van der Waals surface area contributed by atoms with Crippen LogP contribution >= 0.6 is 0 Å². The van der Waals surface area contributed by atoms with Crippen molar-refractivity contribution in [1.29, 1.82) is 5.41 Å². The summed E-state index contributed by atoms with van der Waals surface area (Å²) >= 11 is 0. The molecule has 4 heteroatoms. The van der Waals surface area contributed by atoms with Crippen molar-refractivity contribution in [3.05, 3.63) is 0 Å². The molecular weight excluding hydrogens is 142 g/mol. The highest BCUT2D eigenvalue weighted by Crippen LogP contribution is 1.87. The topological polar surface area (TPSA) is 57.8 Å². The van der Waals surface area contributed by atoms with Gasteiger partial charge < -0.3 is 4.74 Å². The molecule has 0 atom stereocenters. The Morgan fingerprint density at radius 3 is 2.18 bits per heavy atom. The van der Waals surface area contributed by atoms with Crippen molar-refractivity contribution in [3.63, 3.8) is 0 Å². The van der Waals surface area contributed by atoms with E-state index in [1.807, 2.05) is 0 Å². The molecule has 11 heavy (non-hydrogen) atoms. The van der Waals surface area contributed by atoms with Gasteiger partial charge >= 0.3 is 0 Å². The van der Waals surface area contributed by atoms with Gasteiger partial charge in [0.2, 0.25) is 5.90 Å². The van der Waals surface area contributed by atoms with E-state index in [0.29, 0.717) is 11.6 Å². The second kappa shape index (κ2) is 4.60. The Morgan fingerprint density at radius 2 is 1.91 bits per heavy atom. The number of ether oxygens (including phenoxy) is 1. The molecular formula is C7H13N3O. The second-order valence-corrected chi connectivity index (χ2v) is 2.02. The molecule has 0 rings (SSSR count). The first kappa shape index (κ1) is 9.81. The average molecular weight is 155 g/mol. The number of hydrogen-bond acceptors (Lipinski definition) is 3. The summed E-state index contributed by atoms with van der Waals surface area (Å²) in [6, 6.07) is 0. The van der Waals surface area contributed by atoms with Gasteiger partial charge in [-0.25, -0.2) is 0 Å². The fourth-order valence-electron chi connectivity index (χ4n) is 0.522. The van der Waals surface area contributed by atoms with Crippen LogP contribution in [0.25, 0.3) is 0 Å². The van der Waals surface area contributed by atoms with Crippen molar-refractivity contribution >= 4 is 17.4 Å². The van der Waals surface area contributed by atoms with Crippen molar-refractivity contribution < 1.29 is 4.74 Å². The molecule has 0 aromatic heterocycles. The molecule has 0 radical (unpaired) electrons. The zero-order valence-corrected chi connectivity index (χ0v) is 7.30. The van der Waals surface area contributed by atoms with Gasteiger partial charge in [0, 0.05) is 7.05 Å².